The van der Waals surface area contributed by atoms with Gasteiger partial charge >= 0.3 is 12.1 Å². The molecule has 1 heterocycles. The van der Waals surface area contributed by atoms with Gasteiger partial charge in [-0.15, -0.1) is 0 Å². The summed E-state index contributed by atoms with van der Waals surface area (Å²) in [5.74, 6) is -1.93. The van der Waals surface area contributed by atoms with Gasteiger partial charge in [0.05, 0.1) is 18.4 Å². The SMILES string of the molecule is CCOC(=O)N1CCN(C(=O)[C@H]2CCCC[C@H]2C(=O)O)CC1. The number of carboxylic acids is 1. The van der Waals surface area contributed by atoms with Crippen LogP contribution in [0.5, 0.6) is 0 Å². The summed E-state index contributed by atoms with van der Waals surface area (Å²) >= 11 is 0. The number of ether oxygens (including phenoxy) is 1. The molecule has 0 radical (unpaired) electrons. The van der Waals surface area contributed by atoms with Crippen LogP contribution < -0.4 is 0 Å². The van der Waals surface area contributed by atoms with E-state index in [0.717, 1.165) is 12.8 Å². The third-order valence-electron chi connectivity index (χ3n) is 4.52. The summed E-state index contributed by atoms with van der Waals surface area (Å²) in [5, 5.41) is 9.29. The number of carbonyl (C=O) groups excluding carboxylic acids is 2. The molecule has 0 aromatic carbocycles. The van der Waals surface area contributed by atoms with Crippen LogP contribution in [0.4, 0.5) is 4.79 Å². The summed E-state index contributed by atoms with van der Waals surface area (Å²) in [7, 11) is 0. The number of piperazine rings is 1. The van der Waals surface area contributed by atoms with Crippen molar-refractivity contribution in [2.24, 2.45) is 11.8 Å². The van der Waals surface area contributed by atoms with Crippen LogP contribution in [0.2, 0.25) is 0 Å². The molecule has 2 aliphatic rings. The lowest BCUT2D eigenvalue weighted by Crippen LogP contribution is -2.53. The Balaban J connectivity index is 1.91. The van der Waals surface area contributed by atoms with Crippen molar-refractivity contribution < 1.29 is 24.2 Å². The summed E-state index contributed by atoms with van der Waals surface area (Å²) < 4.78 is 4.95. The maximum absolute atomic E-state index is 12.6. The number of carbonyl (C=O) groups is 3. The standard InChI is InChI=1S/C15H24N2O5/c1-2-22-15(21)17-9-7-16(8-10-17)13(18)11-5-3-4-6-12(11)14(19)20/h11-12H,2-10H2,1H3,(H,19,20)/t11-,12+/m0/s1. The average Bonchev–Trinajstić information content (AvgIpc) is 2.54. The number of aliphatic carboxylic acids is 1. The van der Waals surface area contributed by atoms with Gasteiger partial charge in [-0.05, 0) is 19.8 Å². The molecule has 7 heteroatoms. The Labute approximate surface area is 130 Å². The van der Waals surface area contributed by atoms with Gasteiger partial charge in [0, 0.05) is 26.2 Å². The molecule has 1 N–H and O–H groups in total. The fourth-order valence-electron chi connectivity index (χ4n) is 3.28. The first-order valence-corrected chi connectivity index (χ1v) is 7.98. The third-order valence-corrected chi connectivity index (χ3v) is 4.52. The molecule has 1 aliphatic carbocycles. The second-order valence-electron chi connectivity index (χ2n) is 5.85. The molecule has 1 saturated carbocycles. The van der Waals surface area contributed by atoms with E-state index in [9.17, 15) is 19.5 Å². The summed E-state index contributed by atoms with van der Waals surface area (Å²) in [4.78, 5) is 38.8. The molecule has 0 unspecified atom stereocenters. The molecule has 0 aromatic heterocycles. The molecule has 1 aliphatic heterocycles. The highest BCUT2D eigenvalue weighted by Gasteiger charge is 2.38. The molecule has 0 aromatic rings. The van der Waals surface area contributed by atoms with Gasteiger partial charge in [0.15, 0.2) is 0 Å². The van der Waals surface area contributed by atoms with Crippen LogP contribution in [0.1, 0.15) is 32.6 Å². The highest BCUT2D eigenvalue weighted by atomic mass is 16.6. The fraction of sp³-hybridized carbons (Fsp3) is 0.800. The first kappa shape index (κ1) is 16.6. The summed E-state index contributed by atoms with van der Waals surface area (Å²) in [6, 6.07) is 0. The lowest BCUT2D eigenvalue weighted by Gasteiger charge is -2.38. The van der Waals surface area contributed by atoms with Crippen molar-refractivity contribution in [3.63, 3.8) is 0 Å². The highest BCUT2D eigenvalue weighted by molar-refractivity contribution is 5.85. The van der Waals surface area contributed by atoms with Gasteiger partial charge in [-0.3, -0.25) is 9.59 Å². The molecule has 2 rings (SSSR count). The van der Waals surface area contributed by atoms with Gasteiger partial charge < -0.3 is 19.6 Å². The van der Waals surface area contributed by atoms with Crippen molar-refractivity contribution in [3.05, 3.63) is 0 Å². The number of amides is 2. The lowest BCUT2D eigenvalue weighted by atomic mass is 9.78. The van der Waals surface area contributed by atoms with Crippen molar-refractivity contribution in [1.29, 1.82) is 0 Å². The summed E-state index contributed by atoms with van der Waals surface area (Å²) in [6.45, 7) is 3.86. The van der Waals surface area contributed by atoms with Crippen LogP contribution in [0.3, 0.4) is 0 Å². The van der Waals surface area contributed by atoms with E-state index in [4.69, 9.17) is 4.74 Å². The lowest BCUT2D eigenvalue weighted by molar-refractivity contribution is -0.153. The van der Waals surface area contributed by atoms with E-state index in [-0.39, 0.29) is 12.0 Å². The second kappa shape index (κ2) is 7.47. The second-order valence-corrected chi connectivity index (χ2v) is 5.85. The highest BCUT2D eigenvalue weighted by Crippen LogP contribution is 2.32. The number of carboxylic acid groups (broad SMARTS) is 1. The first-order valence-electron chi connectivity index (χ1n) is 7.98. The van der Waals surface area contributed by atoms with Crippen LogP contribution in [-0.2, 0) is 14.3 Å². The maximum atomic E-state index is 12.6. The van der Waals surface area contributed by atoms with Crippen molar-refractivity contribution in [2.45, 2.75) is 32.6 Å². The zero-order valence-electron chi connectivity index (χ0n) is 13.0. The Kier molecular flexibility index (Phi) is 5.63. The minimum absolute atomic E-state index is 0.0735. The Morgan fingerprint density at radius 2 is 1.55 bits per heavy atom. The van der Waals surface area contributed by atoms with Gasteiger partial charge in [-0.1, -0.05) is 12.8 Å². The van der Waals surface area contributed by atoms with Crippen molar-refractivity contribution in [3.8, 4) is 0 Å². The van der Waals surface area contributed by atoms with Gasteiger partial charge in [-0.25, -0.2) is 4.79 Å². The smallest absolute Gasteiger partial charge is 0.409 e. The molecule has 2 amide bonds. The van der Waals surface area contributed by atoms with E-state index >= 15 is 0 Å². The molecule has 22 heavy (non-hydrogen) atoms. The van der Waals surface area contributed by atoms with E-state index in [1.165, 1.54) is 0 Å². The number of hydrogen-bond acceptors (Lipinski definition) is 4. The quantitative estimate of drug-likeness (QED) is 0.845. The first-order chi connectivity index (χ1) is 10.5. The largest absolute Gasteiger partial charge is 0.481 e. The maximum Gasteiger partial charge on any atom is 0.409 e. The van der Waals surface area contributed by atoms with Gasteiger partial charge in [0.1, 0.15) is 0 Å². The van der Waals surface area contributed by atoms with E-state index in [2.05, 4.69) is 0 Å². The third kappa shape index (κ3) is 3.69. The van der Waals surface area contributed by atoms with Crippen LogP contribution >= 0.6 is 0 Å². The molecular formula is C15H24N2O5. The Bertz CT molecular complexity index is 432. The van der Waals surface area contributed by atoms with Crippen molar-refractivity contribution in [1.82, 2.24) is 9.80 Å². The van der Waals surface area contributed by atoms with Gasteiger partial charge in [0.2, 0.25) is 5.91 Å². The van der Waals surface area contributed by atoms with Crippen LogP contribution in [-0.4, -0.2) is 65.7 Å². The number of hydrogen-bond donors (Lipinski definition) is 1. The van der Waals surface area contributed by atoms with Crippen molar-refractivity contribution >= 4 is 18.0 Å². The van der Waals surface area contributed by atoms with E-state index in [1.807, 2.05) is 0 Å². The zero-order chi connectivity index (χ0) is 16.1. The Hall–Kier alpha value is -1.79. The van der Waals surface area contributed by atoms with Crippen molar-refractivity contribution in [2.75, 3.05) is 32.8 Å². The Morgan fingerprint density at radius 1 is 1.00 bits per heavy atom. The van der Waals surface area contributed by atoms with Crippen LogP contribution in [0, 0.1) is 11.8 Å². The minimum Gasteiger partial charge on any atom is -0.481 e. The van der Waals surface area contributed by atoms with E-state index in [1.54, 1.807) is 16.7 Å². The average molecular weight is 312 g/mol. The molecule has 124 valence electrons. The van der Waals surface area contributed by atoms with E-state index in [0.29, 0.717) is 45.6 Å². The van der Waals surface area contributed by atoms with Gasteiger partial charge in [-0.2, -0.15) is 0 Å². The summed E-state index contributed by atoms with van der Waals surface area (Å²) in [5.41, 5.74) is 0. The number of nitrogens with zero attached hydrogens (tertiary/aromatic N) is 2. The zero-order valence-corrected chi connectivity index (χ0v) is 13.0. The molecule has 0 spiro atoms. The number of rotatable bonds is 3. The predicted octanol–water partition coefficient (Wildman–Crippen LogP) is 1.18. The van der Waals surface area contributed by atoms with E-state index < -0.39 is 17.8 Å². The molecule has 2 fully saturated rings. The minimum atomic E-state index is -0.872. The molecule has 7 nitrogen and oxygen atoms in total. The van der Waals surface area contributed by atoms with Crippen LogP contribution in [0.25, 0.3) is 0 Å². The summed E-state index contributed by atoms with van der Waals surface area (Å²) in [6.07, 6.45) is 2.65. The predicted molar refractivity (Wildman–Crippen MR) is 78.3 cm³/mol. The molecule has 1 saturated heterocycles. The van der Waals surface area contributed by atoms with Crippen LogP contribution in [0.15, 0.2) is 0 Å². The Morgan fingerprint density at radius 3 is 2.09 bits per heavy atom. The fourth-order valence-corrected chi connectivity index (χ4v) is 3.28. The monoisotopic (exact) mass is 312 g/mol. The molecule has 0 bridgehead atoms. The molecular weight excluding hydrogens is 288 g/mol. The molecule has 2 atom stereocenters. The van der Waals surface area contributed by atoms with Gasteiger partial charge in [0.25, 0.3) is 0 Å². The normalized spacial score (nSPS) is 25.7. The topological polar surface area (TPSA) is 87.2 Å².